The predicted molar refractivity (Wildman–Crippen MR) is 86.5 cm³/mol. The molecule has 24 heavy (non-hydrogen) atoms. The van der Waals surface area contributed by atoms with Crippen molar-refractivity contribution >= 4 is 11.7 Å². The number of alkyl halides is 3. The molecule has 0 aliphatic rings. The van der Waals surface area contributed by atoms with Gasteiger partial charge in [0.15, 0.2) is 0 Å². The maximum atomic E-state index is 12.9. The van der Waals surface area contributed by atoms with E-state index in [0.717, 1.165) is 6.07 Å². The van der Waals surface area contributed by atoms with Crippen LogP contribution in [0.3, 0.4) is 0 Å². The third kappa shape index (κ3) is 4.28. The van der Waals surface area contributed by atoms with Gasteiger partial charge in [-0.3, -0.25) is 0 Å². The summed E-state index contributed by atoms with van der Waals surface area (Å²) in [5, 5.41) is 0. The van der Waals surface area contributed by atoms with Gasteiger partial charge < -0.3 is 10.5 Å². The van der Waals surface area contributed by atoms with Gasteiger partial charge in [0.1, 0.15) is 5.60 Å². The molecule has 0 aliphatic carbocycles. The van der Waals surface area contributed by atoms with E-state index in [1.807, 2.05) is 0 Å². The third-order valence-corrected chi connectivity index (χ3v) is 3.21. The normalized spacial score (nSPS) is 12.1. The van der Waals surface area contributed by atoms with Crippen LogP contribution in [0.15, 0.2) is 42.5 Å². The van der Waals surface area contributed by atoms with Crippen molar-refractivity contribution in [2.45, 2.75) is 32.5 Å². The number of ether oxygens (including phenoxy) is 1. The minimum absolute atomic E-state index is 0.323. The number of nitrogen functional groups attached to an aromatic ring is 1. The van der Waals surface area contributed by atoms with Gasteiger partial charge in [0, 0.05) is 5.69 Å². The van der Waals surface area contributed by atoms with Gasteiger partial charge in [-0.1, -0.05) is 18.2 Å². The number of rotatable bonds is 2. The standard InChI is InChI=1S/C18H18F3NO2/c1-17(2,3)24-16(23)12-6-4-11(5-7-12)13-8-9-15(22)14(10-13)18(19,20)21/h4-10H,22H2,1-3H3. The Hall–Kier alpha value is -2.50. The van der Waals surface area contributed by atoms with Crippen LogP contribution in [0.4, 0.5) is 18.9 Å². The van der Waals surface area contributed by atoms with Gasteiger partial charge in [-0.15, -0.1) is 0 Å². The summed E-state index contributed by atoms with van der Waals surface area (Å²) in [6.07, 6.45) is -4.52. The summed E-state index contributed by atoms with van der Waals surface area (Å²) in [6, 6.07) is 9.92. The zero-order valence-corrected chi connectivity index (χ0v) is 13.6. The Kier molecular flexibility index (Phi) is 4.60. The molecule has 2 rings (SSSR count). The first-order valence-electron chi connectivity index (χ1n) is 7.28. The smallest absolute Gasteiger partial charge is 0.418 e. The highest BCUT2D eigenvalue weighted by molar-refractivity contribution is 5.90. The van der Waals surface area contributed by atoms with Crippen molar-refractivity contribution < 1.29 is 22.7 Å². The Morgan fingerprint density at radius 2 is 1.50 bits per heavy atom. The molecule has 0 aromatic heterocycles. The van der Waals surface area contributed by atoms with Crippen molar-refractivity contribution in [3.63, 3.8) is 0 Å². The van der Waals surface area contributed by atoms with Crippen LogP contribution in [0.1, 0.15) is 36.7 Å². The van der Waals surface area contributed by atoms with Crippen LogP contribution in [0.2, 0.25) is 0 Å². The van der Waals surface area contributed by atoms with Gasteiger partial charge in [-0.05, 0) is 56.2 Å². The lowest BCUT2D eigenvalue weighted by molar-refractivity contribution is -0.136. The first-order valence-corrected chi connectivity index (χ1v) is 7.28. The van der Waals surface area contributed by atoms with Gasteiger partial charge in [-0.25, -0.2) is 4.79 Å². The van der Waals surface area contributed by atoms with Gasteiger partial charge in [0.05, 0.1) is 11.1 Å². The van der Waals surface area contributed by atoms with Gasteiger partial charge in [0.2, 0.25) is 0 Å². The highest BCUT2D eigenvalue weighted by Gasteiger charge is 2.33. The first-order chi connectivity index (χ1) is 11.0. The Bertz CT molecular complexity index is 744. The second-order valence-corrected chi connectivity index (χ2v) is 6.38. The topological polar surface area (TPSA) is 52.3 Å². The van der Waals surface area contributed by atoms with Gasteiger partial charge in [-0.2, -0.15) is 13.2 Å². The number of benzene rings is 2. The van der Waals surface area contributed by atoms with Crippen LogP contribution in [-0.2, 0) is 10.9 Å². The zero-order valence-electron chi connectivity index (χ0n) is 13.6. The Balaban J connectivity index is 2.30. The number of carbonyl (C=O) groups excluding carboxylic acids is 1. The average Bonchev–Trinajstić information content (AvgIpc) is 2.45. The number of halogens is 3. The highest BCUT2D eigenvalue weighted by Crippen LogP contribution is 2.36. The van der Waals surface area contributed by atoms with Crippen molar-refractivity contribution in [2.75, 3.05) is 5.73 Å². The van der Waals surface area contributed by atoms with E-state index < -0.39 is 23.3 Å². The Morgan fingerprint density at radius 3 is 2.00 bits per heavy atom. The van der Waals surface area contributed by atoms with E-state index in [2.05, 4.69) is 0 Å². The molecule has 0 heterocycles. The summed E-state index contributed by atoms with van der Waals surface area (Å²) in [7, 11) is 0. The van der Waals surface area contributed by atoms with E-state index in [1.165, 1.54) is 24.3 Å². The second kappa shape index (κ2) is 6.19. The molecule has 128 valence electrons. The van der Waals surface area contributed by atoms with Crippen molar-refractivity contribution in [1.82, 2.24) is 0 Å². The molecule has 0 saturated carbocycles. The molecule has 0 saturated heterocycles. The molecular weight excluding hydrogens is 319 g/mol. The Labute approximate surface area is 138 Å². The summed E-state index contributed by atoms with van der Waals surface area (Å²) in [4.78, 5) is 12.0. The molecule has 2 aromatic rings. The van der Waals surface area contributed by atoms with Crippen LogP contribution in [0, 0.1) is 0 Å². The largest absolute Gasteiger partial charge is 0.456 e. The molecule has 2 aromatic carbocycles. The summed E-state index contributed by atoms with van der Waals surface area (Å²) < 4.78 is 44.0. The van der Waals surface area contributed by atoms with Crippen LogP contribution in [-0.4, -0.2) is 11.6 Å². The molecule has 0 aliphatic heterocycles. The van der Waals surface area contributed by atoms with Crippen LogP contribution < -0.4 is 5.73 Å². The number of hydrogen-bond acceptors (Lipinski definition) is 3. The molecule has 3 nitrogen and oxygen atoms in total. The zero-order chi connectivity index (χ0) is 18.1. The van der Waals surface area contributed by atoms with E-state index in [1.54, 1.807) is 32.9 Å². The molecule has 0 atom stereocenters. The fraction of sp³-hybridized carbons (Fsp3) is 0.278. The summed E-state index contributed by atoms with van der Waals surface area (Å²) in [5.41, 5.74) is 4.83. The molecule has 0 fully saturated rings. The fourth-order valence-corrected chi connectivity index (χ4v) is 2.12. The number of esters is 1. The average molecular weight is 337 g/mol. The molecule has 2 N–H and O–H groups in total. The molecule has 0 spiro atoms. The van der Waals surface area contributed by atoms with Crippen LogP contribution >= 0.6 is 0 Å². The van der Waals surface area contributed by atoms with E-state index >= 15 is 0 Å². The van der Waals surface area contributed by atoms with Crippen molar-refractivity contribution in [1.29, 1.82) is 0 Å². The molecule has 0 radical (unpaired) electrons. The first kappa shape index (κ1) is 17.8. The lowest BCUT2D eigenvalue weighted by atomic mass is 10.0. The van der Waals surface area contributed by atoms with Gasteiger partial charge >= 0.3 is 12.1 Å². The third-order valence-electron chi connectivity index (χ3n) is 3.21. The Morgan fingerprint density at radius 1 is 0.958 bits per heavy atom. The van der Waals surface area contributed by atoms with Crippen molar-refractivity contribution in [3.05, 3.63) is 53.6 Å². The van der Waals surface area contributed by atoms with Crippen molar-refractivity contribution in [2.24, 2.45) is 0 Å². The van der Waals surface area contributed by atoms with E-state index in [0.29, 0.717) is 16.7 Å². The van der Waals surface area contributed by atoms with Crippen LogP contribution in [0.25, 0.3) is 11.1 Å². The molecule has 0 amide bonds. The fourth-order valence-electron chi connectivity index (χ4n) is 2.12. The molecule has 0 unspecified atom stereocenters. The number of nitrogens with two attached hydrogens (primary N) is 1. The number of anilines is 1. The lowest BCUT2D eigenvalue weighted by Gasteiger charge is -2.19. The SMILES string of the molecule is CC(C)(C)OC(=O)c1ccc(-c2ccc(N)c(C(F)(F)F)c2)cc1. The summed E-state index contributed by atoms with van der Waals surface area (Å²) >= 11 is 0. The summed E-state index contributed by atoms with van der Waals surface area (Å²) in [6.45, 7) is 5.27. The lowest BCUT2D eigenvalue weighted by Crippen LogP contribution is -2.23. The quantitative estimate of drug-likeness (QED) is 0.626. The van der Waals surface area contributed by atoms with Crippen molar-refractivity contribution in [3.8, 4) is 11.1 Å². The van der Waals surface area contributed by atoms with Crippen LogP contribution in [0.5, 0.6) is 0 Å². The number of hydrogen-bond donors (Lipinski definition) is 1. The monoisotopic (exact) mass is 337 g/mol. The molecule has 0 bridgehead atoms. The molecular formula is C18H18F3NO2. The second-order valence-electron chi connectivity index (χ2n) is 6.38. The van der Waals surface area contributed by atoms with E-state index in [4.69, 9.17) is 10.5 Å². The van der Waals surface area contributed by atoms with E-state index in [-0.39, 0.29) is 5.69 Å². The predicted octanol–water partition coefficient (Wildman–Crippen LogP) is 4.91. The summed E-state index contributed by atoms with van der Waals surface area (Å²) in [5.74, 6) is -0.484. The maximum absolute atomic E-state index is 12.9. The van der Waals surface area contributed by atoms with E-state index in [9.17, 15) is 18.0 Å². The minimum Gasteiger partial charge on any atom is -0.456 e. The van der Waals surface area contributed by atoms with Gasteiger partial charge in [0.25, 0.3) is 0 Å². The maximum Gasteiger partial charge on any atom is 0.418 e. The number of carbonyl (C=O) groups is 1. The molecule has 6 heteroatoms. The highest BCUT2D eigenvalue weighted by atomic mass is 19.4. The minimum atomic E-state index is -4.52.